The normalized spacial score (nSPS) is 41.4. The molecule has 0 heterocycles. The van der Waals surface area contributed by atoms with Crippen LogP contribution in [0, 0.1) is 17.3 Å². The van der Waals surface area contributed by atoms with E-state index in [1.807, 2.05) is 0 Å². The van der Waals surface area contributed by atoms with Crippen molar-refractivity contribution in [2.45, 2.75) is 58.5 Å². The highest BCUT2D eigenvalue weighted by Gasteiger charge is 2.46. The number of fused-ring (bicyclic) bond motifs is 1. The molecule has 2 N–H and O–H groups in total. The van der Waals surface area contributed by atoms with Gasteiger partial charge in [0.15, 0.2) is 0 Å². The first-order chi connectivity index (χ1) is 7.90. The molecule has 2 aliphatic carbocycles. The van der Waals surface area contributed by atoms with E-state index < -0.39 is 5.60 Å². The van der Waals surface area contributed by atoms with E-state index in [2.05, 4.69) is 19.9 Å². The average molecular weight is 238 g/mol. The number of allylic oxidation sites excluding steroid dienone is 2. The monoisotopic (exact) mass is 238 g/mol. The van der Waals surface area contributed by atoms with E-state index in [0.29, 0.717) is 5.92 Å². The first-order valence-electron chi connectivity index (χ1n) is 6.93. The van der Waals surface area contributed by atoms with Crippen LogP contribution in [0.4, 0.5) is 0 Å². The van der Waals surface area contributed by atoms with Crippen LogP contribution >= 0.6 is 0 Å². The molecule has 17 heavy (non-hydrogen) atoms. The Hall–Kier alpha value is -0.340. The molecule has 2 nitrogen and oxygen atoms in total. The SMILES string of the molecule is C[C@H]1CCC=C2CC[C@@H]([C@@](C)(O)CO)C[C@]21C. The summed E-state index contributed by atoms with van der Waals surface area (Å²) in [6.45, 7) is 6.34. The molecule has 0 aromatic carbocycles. The van der Waals surface area contributed by atoms with E-state index in [4.69, 9.17) is 0 Å². The molecule has 1 fully saturated rings. The second-order valence-electron chi connectivity index (χ2n) is 6.58. The van der Waals surface area contributed by atoms with Crippen LogP contribution in [0.5, 0.6) is 0 Å². The zero-order chi connectivity index (χ0) is 12.7. The number of hydrogen-bond donors (Lipinski definition) is 2. The summed E-state index contributed by atoms with van der Waals surface area (Å²) < 4.78 is 0. The summed E-state index contributed by atoms with van der Waals surface area (Å²) in [5, 5.41) is 19.6. The Balaban J connectivity index is 2.21. The standard InChI is InChI=1S/C15H26O2/c1-11-5-4-6-12-7-8-13(9-14(11,12)2)15(3,17)10-16/h6,11,13,16-17H,4-5,7-10H2,1-3H3/t11-,13+,14-,15-/m0/s1. The van der Waals surface area contributed by atoms with Gasteiger partial charge in [-0.15, -0.1) is 0 Å². The van der Waals surface area contributed by atoms with Gasteiger partial charge in [-0.25, -0.2) is 0 Å². The van der Waals surface area contributed by atoms with Crippen molar-refractivity contribution >= 4 is 0 Å². The second-order valence-corrected chi connectivity index (χ2v) is 6.58. The van der Waals surface area contributed by atoms with E-state index in [1.165, 1.54) is 12.8 Å². The molecule has 0 aromatic heterocycles. The van der Waals surface area contributed by atoms with Crippen LogP contribution in [0.1, 0.15) is 52.9 Å². The van der Waals surface area contributed by atoms with Gasteiger partial charge in [-0.2, -0.15) is 0 Å². The molecule has 2 aliphatic rings. The van der Waals surface area contributed by atoms with Gasteiger partial charge in [0.2, 0.25) is 0 Å². The van der Waals surface area contributed by atoms with Gasteiger partial charge in [-0.1, -0.05) is 25.5 Å². The van der Waals surface area contributed by atoms with Crippen molar-refractivity contribution in [2.75, 3.05) is 6.61 Å². The van der Waals surface area contributed by atoms with E-state index in [9.17, 15) is 10.2 Å². The van der Waals surface area contributed by atoms with Crippen LogP contribution in [0.3, 0.4) is 0 Å². The highest BCUT2D eigenvalue weighted by Crippen LogP contribution is 2.53. The maximum Gasteiger partial charge on any atom is 0.0877 e. The lowest BCUT2D eigenvalue weighted by Gasteiger charge is -2.50. The first-order valence-corrected chi connectivity index (χ1v) is 6.93. The highest BCUT2D eigenvalue weighted by atomic mass is 16.3. The molecule has 0 aromatic rings. The molecular formula is C15H26O2. The van der Waals surface area contributed by atoms with Crippen LogP contribution in [-0.4, -0.2) is 22.4 Å². The molecule has 98 valence electrons. The molecule has 2 rings (SSSR count). The zero-order valence-corrected chi connectivity index (χ0v) is 11.4. The van der Waals surface area contributed by atoms with E-state index in [1.54, 1.807) is 12.5 Å². The first kappa shape index (κ1) is 13.1. The van der Waals surface area contributed by atoms with Crippen molar-refractivity contribution < 1.29 is 10.2 Å². The van der Waals surface area contributed by atoms with E-state index >= 15 is 0 Å². The molecule has 0 spiro atoms. The zero-order valence-electron chi connectivity index (χ0n) is 11.4. The van der Waals surface area contributed by atoms with Gasteiger partial charge in [-0.05, 0) is 56.3 Å². The van der Waals surface area contributed by atoms with E-state index in [-0.39, 0.29) is 17.9 Å². The molecule has 0 amide bonds. The third-order valence-corrected chi connectivity index (χ3v) is 5.44. The quantitative estimate of drug-likeness (QED) is 0.726. The minimum absolute atomic E-state index is 0.124. The Morgan fingerprint density at radius 2 is 2.18 bits per heavy atom. The molecule has 0 unspecified atom stereocenters. The molecular weight excluding hydrogens is 212 g/mol. The van der Waals surface area contributed by atoms with Crippen molar-refractivity contribution in [3.63, 3.8) is 0 Å². The van der Waals surface area contributed by atoms with Crippen molar-refractivity contribution in [1.82, 2.24) is 0 Å². The predicted molar refractivity (Wildman–Crippen MR) is 69.6 cm³/mol. The van der Waals surface area contributed by atoms with Gasteiger partial charge in [0.25, 0.3) is 0 Å². The van der Waals surface area contributed by atoms with Gasteiger partial charge in [0.05, 0.1) is 12.2 Å². The smallest absolute Gasteiger partial charge is 0.0877 e. The van der Waals surface area contributed by atoms with Crippen LogP contribution in [0.15, 0.2) is 11.6 Å². The Bertz CT molecular complexity index is 319. The van der Waals surface area contributed by atoms with Crippen molar-refractivity contribution in [1.29, 1.82) is 0 Å². The molecule has 0 radical (unpaired) electrons. The summed E-state index contributed by atoms with van der Waals surface area (Å²) in [6, 6.07) is 0. The second kappa shape index (κ2) is 4.40. The van der Waals surface area contributed by atoms with Crippen LogP contribution in [0.2, 0.25) is 0 Å². The number of aliphatic hydroxyl groups is 2. The lowest BCUT2D eigenvalue weighted by atomic mass is 9.56. The van der Waals surface area contributed by atoms with Crippen LogP contribution in [-0.2, 0) is 0 Å². The topological polar surface area (TPSA) is 40.5 Å². The third-order valence-electron chi connectivity index (χ3n) is 5.44. The van der Waals surface area contributed by atoms with Gasteiger partial charge in [0, 0.05) is 0 Å². The fourth-order valence-corrected chi connectivity index (χ4v) is 3.70. The number of rotatable bonds is 2. The van der Waals surface area contributed by atoms with Gasteiger partial charge >= 0.3 is 0 Å². The molecule has 4 atom stereocenters. The van der Waals surface area contributed by atoms with Crippen LogP contribution < -0.4 is 0 Å². The molecule has 0 saturated heterocycles. The number of hydrogen-bond acceptors (Lipinski definition) is 2. The summed E-state index contributed by atoms with van der Waals surface area (Å²) in [5.41, 5.74) is 0.938. The molecule has 2 heteroatoms. The summed E-state index contributed by atoms with van der Waals surface area (Å²) in [7, 11) is 0. The predicted octanol–water partition coefficient (Wildman–Crippen LogP) is 2.89. The summed E-state index contributed by atoms with van der Waals surface area (Å²) in [4.78, 5) is 0. The Morgan fingerprint density at radius 1 is 1.47 bits per heavy atom. The molecule has 0 aliphatic heterocycles. The Morgan fingerprint density at radius 3 is 2.82 bits per heavy atom. The average Bonchev–Trinajstić information content (AvgIpc) is 2.30. The minimum Gasteiger partial charge on any atom is -0.393 e. The van der Waals surface area contributed by atoms with Gasteiger partial charge in [0.1, 0.15) is 0 Å². The third kappa shape index (κ3) is 2.17. The molecule has 0 bridgehead atoms. The van der Waals surface area contributed by atoms with Crippen molar-refractivity contribution in [3.05, 3.63) is 11.6 Å². The maximum atomic E-state index is 10.3. The fourth-order valence-electron chi connectivity index (χ4n) is 3.70. The fraction of sp³-hybridized carbons (Fsp3) is 0.867. The maximum absolute atomic E-state index is 10.3. The molecule has 1 saturated carbocycles. The highest BCUT2D eigenvalue weighted by molar-refractivity contribution is 5.21. The largest absolute Gasteiger partial charge is 0.393 e. The minimum atomic E-state index is -0.911. The summed E-state index contributed by atoms with van der Waals surface area (Å²) in [6.07, 6.45) is 8.03. The van der Waals surface area contributed by atoms with Gasteiger partial charge < -0.3 is 10.2 Å². The van der Waals surface area contributed by atoms with Crippen molar-refractivity contribution in [2.24, 2.45) is 17.3 Å². The summed E-state index contributed by atoms with van der Waals surface area (Å²) >= 11 is 0. The van der Waals surface area contributed by atoms with E-state index in [0.717, 1.165) is 19.3 Å². The van der Waals surface area contributed by atoms with Crippen LogP contribution in [0.25, 0.3) is 0 Å². The Kier molecular flexibility index (Phi) is 3.39. The number of aliphatic hydroxyl groups excluding tert-OH is 1. The Labute approximate surface area is 105 Å². The lowest BCUT2D eigenvalue weighted by Crippen LogP contribution is -2.46. The van der Waals surface area contributed by atoms with Gasteiger partial charge in [-0.3, -0.25) is 0 Å². The lowest BCUT2D eigenvalue weighted by molar-refractivity contribution is -0.0729. The van der Waals surface area contributed by atoms with Crippen molar-refractivity contribution in [3.8, 4) is 0 Å². The summed E-state index contributed by atoms with van der Waals surface area (Å²) in [5.74, 6) is 0.926.